The number of esters is 4. The minimum Gasteiger partial charge on any atom is -0.497 e. The lowest BCUT2D eigenvalue weighted by Crippen LogP contribution is -2.13. The maximum atomic E-state index is 11.0. The quantitative estimate of drug-likeness (QED) is 0.502. The first-order valence-electron chi connectivity index (χ1n) is 8.59. The standard InChI is InChI=1S/C10H12O4.C4H8O3.2C3H6O2.CH4/c1-13-8-5-3-7(4-6-8)9(11)10(12)14-2;1-6-3-4(5)7-2;2*1-3(4)5-2;/h3-6,9,11H,1-2H3;3H2,1-2H3;2*1-2H3;1H4. The van der Waals surface area contributed by atoms with E-state index in [1.54, 1.807) is 31.4 Å². The summed E-state index contributed by atoms with van der Waals surface area (Å²) in [7, 11) is 8.24. The molecule has 0 saturated carbocycles. The highest BCUT2D eigenvalue weighted by molar-refractivity contribution is 5.76. The normalized spacial score (nSPS) is 9.16. The molecule has 0 amide bonds. The monoisotopic (exact) mass is 464 g/mol. The number of aliphatic hydroxyl groups is 1. The molecule has 1 unspecified atom stereocenters. The molecule has 32 heavy (non-hydrogen) atoms. The first-order chi connectivity index (χ1) is 14.5. The summed E-state index contributed by atoms with van der Waals surface area (Å²) < 4.78 is 26.2. The molecule has 0 aliphatic heterocycles. The minimum absolute atomic E-state index is 0. The Balaban J connectivity index is -0.000000184. The van der Waals surface area contributed by atoms with Crippen LogP contribution in [0, 0.1) is 0 Å². The SMILES string of the molecule is C.COC(=O)C(O)c1ccc(OC)cc1.COC(C)=O.COC(C)=O.COCC(=O)OC. The molecular weight excluding hydrogens is 428 g/mol. The van der Waals surface area contributed by atoms with Gasteiger partial charge < -0.3 is 33.5 Å². The second-order valence-corrected chi connectivity index (χ2v) is 5.10. The van der Waals surface area contributed by atoms with Gasteiger partial charge in [-0.05, 0) is 17.7 Å². The van der Waals surface area contributed by atoms with Crippen LogP contribution in [0.15, 0.2) is 24.3 Å². The van der Waals surface area contributed by atoms with Gasteiger partial charge in [0.05, 0.1) is 35.5 Å². The number of rotatable bonds is 5. The fourth-order valence-corrected chi connectivity index (χ4v) is 1.21. The Morgan fingerprint density at radius 1 is 0.781 bits per heavy atom. The zero-order chi connectivity index (χ0) is 24.8. The summed E-state index contributed by atoms with van der Waals surface area (Å²) in [5, 5.41) is 9.44. The van der Waals surface area contributed by atoms with Gasteiger partial charge in [-0.15, -0.1) is 0 Å². The Kier molecular flexibility index (Phi) is 27.3. The van der Waals surface area contributed by atoms with Gasteiger partial charge in [0, 0.05) is 21.0 Å². The third-order valence-electron chi connectivity index (χ3n) is 2.92. The number of hydrogen-bond donors (Lipinski definition) is 1. The highest BCUT2D eigenvalue weighted by Crippen LogP contribution is 2.18. The van der Waals surface area contributed by atoms with Crippen molar-refractivity contribution in [2.75, 3.05) is 49.3 Å². The van der Waals surface area contributed by atoms with Crippen LogP contribution in [0.5, 0.6) is 5.75 Å². The van der Waals surface area contributed by atoms with Crippen molar-refractivity contribution in [3.63, 3.8) is 0 Å². The van der Waals surface area contributed by atoms with Crippen molar-refractivity contribution in [2.24, 2.45) is 0 Å². The minimum atomic E-state index is -1.23. The van der Waals surface area contributed by atoms with E-state index in [2.05, 4.69) is 23.7 Å². The van der Waals surface area contributed by atoms with Crippen LogP contribution in [0.25, 0.3) is 0 Å². The molecule has 0 aliphatic rings. The van der Waals surface area contributed by atoms with Crippen molar-refractivity contribution >= 4 is 23.9 Å². The largest absolute Gasteiger partial charge is 0.497 e. The van der Waals surface area contributed by atoms with E-state index in [9.17, 15) is 24.3 Å². The Morgan fingerprint density at radius 3 is 1.41 bits per heavy atom. The molecule has 1 atom stereocenters. The predicted octanol–water partition coefficient (Wildman–Crippen LogP) is 1.70. The van der Waals surface area contributed by atoms with Crippen molar-refractivity contribution in [3.05, 3.63) is 29.8 Å². The average molecular weight is 465 g/mol. The maximum Gasteiger partial charge on any atom is 0.339 e. The zero-order valence-electron chi connectivity index (χ0n) is 19.1. The highest BCUT2D eigenvalue weighted by atomic mass is 16.6. The van der Waals surface area contributed by atoms with E-state index in [1.165, 1.54) is 49.4 Å². The van der Waals surface area contributed by atoms with Gasteiger partial charge in [-0.1, -0.05) is 19.6 Å². The van der Waals surface area contributed by atoms with Crippen LogP contribution in [-0.2, 0) is 42.9 Å². The Morgan fingerprint density at radius 2 is 1.19 bits per heavy atom. The third kappa shape index (κ3) is 23.1. The van der Waals surface area contributed by atoms with Crippen LogP contribution in [0.3, 0.4) is 0 Å². The number of benzene rings is 1. The molecule has 11 nitrogen and oxygen atoms in total. The molecule has 0 bridgehead atoms. The second-order valence-electron chi connectivity index (χ2n) is 5.10. The summed E-state index contributed by atoms with van der Waals surface area (Å²) in [6.07, 6.45) is -1.23. The summed E-state index contributed by atoms with van der Waals surface area (Å²) in [6.45, 7) is 2.76. The summed E-state index contributed by atoms with van der Waals surface area (Å²) in [5.74, 6) is -0.835. The van der Waals surface area contributed by atoms with E-state index in [0.29, 0.717) is 11.3 Å². The number of carbonyl (C=O) groups is 4. The first kappa shape index (κ1) is 36.2. The molecule has 1 aromatic rings. The predicted molar refractivity (Wildman–Crippen MR) is 116 cm³/mol. The molecule has 11 heteroatoms. The number of aliphatic hydroxyl groups excluding tert-OH is 1. The lowest BCUT2D eigenvalue weighted by atomic mass is 10.1. The molecule has 0 aromatic heterocycles. The molecular formula is C21H36O11. The van der Waals surface area contributed by atoms with E-state index in [1.807, 2.05) is 0 Å². The zero-order valence-corrected chi connectivity index (χ0v) is 19.1. The van der Waals surface area contributed by atoms with Crippen molar-refractivity contribution in [1.82, 2.24) is 0 Å². The Bertz CT molecular complexity index is 613. The van der Waals surface area contributed by atoms with Crippen LogP contribution in [0.2, 0.25) is 0 Å². The summed E-state index contributed by atoms with van der Waals surface area (Å²) >= 11 is 0. The third-order valence-corrected chi connectivity index (χ3v) is 2.92. The smallest absolute Gasteiger partial charge is 0.339 e. The van der Waals surface area contributed by atoms with Gasteiger partial charge in [0.1, 0.15) is 12.4 Å². The van der Waals surface area contributed by atoms with Gasteiger partial charge in [0.2, 0.25) is 0 Å². The number of carbonyl (C=O) groups excluding carboxylic acids is 4. The average Bonchev–Trinajstić information content (AvgIpc) is 2.79. The maximum absolute atomic E-state index is 11.0. The molecule has 0 radical (unpaired) electrons. The fourth-order valence-electron chi connectivity index (χ4n) is 1.21. The van der Waals surface area contributed by atoms with Crippen LogP contribution >= 0.6 is 0 Å². The molecule has 1 aromatic carbocycles. The highest BCUT2D eigenvalue weighted by Gasteiger charge is 2.17. The first-order valence-corrected chi connectivity index (χ1v) is 8.59. The van der Waals surface area contributed by atoms with Crippen molar-refractivity contribution in [3.8, 4) is 5.75 Å². The molecule has 0 heterocycles. The Labute approximate surface area is 189 Å². The molecule has 0 fully saturated rings. The van der Waals surface area contributed by atoms with Crippen LogP contribution in [0.1, 0.15) is 32.9 Å². The van der Waals surface area contributed by atoms with Gasteiger partial charge in [0.15, 0.2) is 6.10 Å². The number of methoxy groups -OCH3 is 6. The van der Waals surface area contributed by atoms with Crippen LogP contribution in [-0.4, -0.2) is 78.2 Å². The molecule has 1 N–H and O–H groups in total. The second kappa shape index (κ2) is 24.1. The lowest BCUT2D eigenvalue weighted by Gasteiger charge is -2.08. The van der Waals surface area contributed by atoms with Gasteiger partial charge >= 0.3 is 23.9 Å². The summed E-state index contributed by atoms with van der Waals surface area (Å²) in [4.78, 5) is 40.2. The van der Waals surface area contributed by atoms with E-state index >= 15 is 0 Å². The molecule has 0 spiro atoms. The lowest BCUT2D eigenvalue weighted by molar-refractivity contribution is -0.150. The number of ether oxygens (including phenoxy) is 6. The Hall–Kier alpha value is -3.18. The van der Waals surface area contributed by atoms with Crippen molar-refractivity contribution in [2.45, 2.75) is 27.4 Å². The summed E-state index contributed by atoms with van der Waals surface area (Å²) in [5.41, 5.74) is 0.484. The molecule has 0 saturated heterocycles. The van der Waals surface area contributed by atoms with E-state index in [-0.39, 0.29) is 31.9 Å². The van der Waals surface area contributed by atoms with Gasteiger partial charge in [-0.2, -0.15) is 0 Å². The molecule has 1 rings (SSSR count). The van der Waals surface area contributed by atoms with Gasteiger partial charge in [-0.25, -0.2) is 9.59 Å². The topological polar surface area (TPSA) is 144 Å². The van der Waals surface area contributed by atoms with E-state index in [4.69, 9.17) is 4.74 Å². The van der Waals surface area contributed by atoms with E-state index in [0.717, 1.165) is 0 Å². The van der Waals surface area contributed by atoms with Crippen molar-refractivity contribution < 1.29 is 52.7 Å². The molecule has 186 valence electrons. The van der Waals surface area contributed by atoms with E-state index < -0.39 is 12.1 Å². The van der Waals surface area contributed by atoms with Gasteiger partial charge in [-0.3, -0.25) is 9.59 Å². The van der Waals surface area contributed by atoms with Crippen LogP contribution in [0.4, 0.5) is 0 Å². The summed E-state index contributed by atoms with van der Waals surface area (Å²) in [6, 6.07) is 6.56. The molecule has 0 aliphatic carbocycles. The van der Waals surface area contributed by atoms with Gasteiger partial charge in [0.25, 0.3) is 0 Å². The number of hydrogen-bond acceptors (Lipinski definition) is 11. The fraction of sp³-hybridized carbons (Fsp3) is 0.524. The van der Waals surface area contributed by atoms with Crippen LogP contribution < -0.4 is 4.74 Å². The van der Waals surface area contributed by atoms with Crippen molar-refractivity contribution in [1.29, 1.82) is 0 Å².